The number of hydrogen-bond acceptors (Lipinski definition) is 2. The Balaban J connectivity index is 1.49. The summed E-state index contributed by atoms with van der Waals surface area (Å²) in [5, 5.41) is 2.15. The molecule has 152 valence electrons. The van der Waals surface area contributed by atoms with Gasteiger partial charge in [-0.15, -0.1) is 0 Å². The number of aromatic amines is 1. The molecular formula is C26H19BrN2O2. The molecule has 0 saturated heterocycles. The van der Waals surface area contributed by atoms with Gasteiger partial charge in [-0.2, -0.15) is 0 Å². The second kappa shape index (κ2) is 7.13. The van der Waals surface area contributed by atoms with Gasteiger partial charge in [0.25, 0.3) is 5.91 Å². The first-order valence-electron chi connectivity index (χ1n) is 10.3. The van der Waals surface area contributed by atoms with Crippen LogP contribution in [0.2, 0.25) is 0 Å². The third-order valence-electron chi connectivity index (χ3n) is 6.10. The van der Waals surface area contributed by atoms with Crippen LogP contribution in [0, 0.1) is 0 Å². The summed E-state index contributed by atoms with van der Waals surface area (Å²) >= 11 is 3.49. The van der Waals surface area contributed by atoms with Crippen LogP contribution < -0.4 is 0 Å². The van der Waals surface area contributed by atoms with Gasteiger partial charge >= 0.3 is 0 Å². The predicted molar refractivity (Wildman–Crippen MR) is 125 cm³/mol. The Kier molecular flexibility index (Phi) is 4.25. The van der Waals surface area contributed by atoms with Crippen molar-refractivity contribution in [2.45, 2.75) is 12.5 Å². The van der Waals surface area contributed by atoms with E-state index in [1.54, 1.807) is 0 Å². The van der Waals surface area contributed by atoms with E-state index in [-0.39, 0.29) is 11.9 Å². The molecule has 1 atom stereocenters. The first-order chi connectivity index (χ1) is 15.2. The zero-order valence-corrected chi connectivity index (χ0v) is 18.2. The number of fused-ring (bicyclic) bond motifs is 4. The maximum absolute atomic E-state index is 13.7. The van der Waals surface area contributed by atoms with Crippen LogP contribution in [-0.2, 0) is 6.42 Å². The number of benzene rings is 3. The van der Waals surface area contributed by atoms with Crippen molar-refractivity contribution in [3.05, 3.63) is 106 Å². The Bertz CT molecular complexity index is 1430. The Morgan fingerprint density at radius 3 is 2.68 bits per heavy atom. The van der Waals surface area contributed by atoms with Crippen molar-refractivity contribution in [3.8, 4) is 0 Å². The molecule has 31 heavy (non-hydrogen) atoms. The van der Waals surface area contributed by atoms with Crippen LogP contribution in [0.5, 0.6) is 0 Å². The maximum atomic E-state index is 13.7. The van der Waals surface area contributed by atoms with Gasteiger partial charge in [0.2, 0.25) is 0 Å². The molecule has 3 heterocycles. The third kappa shape index (κ3) is 3.00. The van der Waals surface area contributed by atoms with Crippen molar-refractivity contribution in [3.63, 3.8) is 0 Å². The average molecular weight is 471 g/mol. The van der Waals surface area contributed by atoms with Gasteiger partial charge in [-0.1, -0.05) is 64.5 Å². The van der Waals surface area contributed by atoms with Crippen molar-refractivity contribution in [1.29, 1.82) is 0 Å². The minimum Gasteiger partial charge on any atom is -0.451 e. The van der Waals surface area contributed by atoms with E-state index in [2.05, 4.69) is 51.2 Å². The lowest BCUT2D eigenvalue weighted by molar-refractivity contribution is 0.0662. The summed E-state index contributed by atoms with van der Waals surface area (Å²) in [5.41, 5.74) is 5.29. The summed E-state index contributed by atoms with van der Waals surface area (Å²) in [4.78, 5) is 19.2. The summed E-state index contributed by atoms with van der Waals surface area (Å²) in [7, 11) is 0. The van der Waals surface area contributed by atoms with Crippen LogP contribution in [0.15, 0.2) is 87.8 Å². The van der Waals surface area contributed by atoms with Crippen molar-refractivity contribution in [2.75, 3.05) is 6.54 Å². The van der Waals surface area contributed by atoms with E-state index >= 15 is 0 Å². The second-order valence-electron chi connectivity index (χ2n) is 7.92. The topological polar surface area (TPSA) is 49.2 Å². The van der Waals surface area contributed by atoms with E-state index in [1.807, 2.05) is 53.4 Å². The molecule has 0 aliphatic carbocycles. The van der Waals surface area contributed by atoms with E-state index in [4.69, 9.17) is 4.42 Å². The number of rotatable bonds is 2. The van der Waals surface area contributed by atoms with Crippen LogP contribution in [0.3, 0.4) is 0 Å². The van der Waals surface area contributed by atoms with Gasteiger partial charge in [0.1, 0.15) is 5.58 Å². The van der Waals surface area contributed by atoms with Crippen molar-refractivity contribution in [2.24, 2.45) is 0 Å². The molecule has 6 rings (SSSR count). The monoisotopic (exact) mass is 470 g/mol. The number of amides is 1. The number of hydrogen-bond donors (Lipinski definition) is 1. The highest BCUT2D eigenvalue weighted by atomic mass is 79.9. The van der Waals surface area contributed by atoms with E-state index in [0.29, 0.717) is 17.9 Å². The van der Waals surface area contributed by atoms with Crippen LogP contribution in [0.25, 0.3) is 21.9 Å². The number of halogens is 1. The van der Waals surface area contributed by atoms with Crippen molar-refractivity contribution < 1.29 is 9.21 Å². The summed E-state index contributed by atoms with van der Waals surface area (Å²) in [6.07, 6.45) is 0.806. The molecule has 3 aromatic carbocycles. The summed E-state index contributed by atoms with van der Waals surface area (Å²) in [6.45, 7) is 0.633. The summed E-state index contributed by atoms with van der Waals surface area (Å²) in [6, 6.07) is 26.0. The Hall–Kier alpha value is -3.31. The molecule has 0 radical (unpaired) electrons. The molecular weight excluding hydrogens is 452 g/mol. The van der Waals surface area contributed by atoms with E-state index in [0.717, 1.165) is 33.1 Å². The van der Waals surface area contributed by atoms with E-state index in [9.17, 15) is 4.79 Å². The average Bonchev–Trinajstić information content (AvgIpc) is 3.39. The van der Waals surface area contributed by atoms with Crippen LogP contribution in [0.4, 0.5) is 0 Å². The molecule has 1 aliphatic rings. The fourth-order valence-electron chi connectivity index (χ4n) is 4.70. The number of nitrogens with zero attached hydrogens (tertiary/aromatic N) is 1. The minimum atomic E-state index is -0.190. The number of aromatic nitrogens is 1. The fourth-order valence-corrected chi connectivity index (χ4v) is 5.08. The summed E-state index contributed by atoms with van der Waals surface area (Å²) < 4.78 is 6.91. The highest BCUT2D eigenvalue weighted by Gasteiger charge is 2.36. The second-order valence-corrected chi connectivity index (χ2v) is 8.83. The van der Waals surface area contributed by atoms with E-state index in [1.165, 1.54) is 10.9 Å². The van der Waals surface area contributed by atoms with Gasteiger partial charge < -0.3 is 14.3 Å². The molecule has 4 nitrogen and oxygen atoms in total. The fraction of sp³-hybridized carbons (Fsp3) is 0.115. The molecule has 2 aromatic heterocycles. The lowest BCUT2D eigenvalue weighted by Crippen LogP contribution is -2.40. The smallest absolute Gasteiger partial charge is 0.290 e. The van der Waals surface area contributed by atoms with Crippen molar-refractivity contribution in [1.82, 2.24) is 9.88 Å². The Morgan fingerprint density at radius 1 is 1.00 bits per heavy atom. The molecule has 1 N–H and O–H groups in total. The number of carbonyl (C=O) groups excluding carboxylic acids is 1. The van der Waals surface area contributed by atoms with Gasteiger partial charge in [-0.25, -0.2) is 0 Å². The van der Waals surface area contributed by atoms with Gasteiger partial charge in [0, 0.05) is 33.0 Å². The lowest BCUT2D eigenvalue weighted by Gasteiger charge is -2.35. The molecule has 0 saturated carbocycles. The number of carbonyl (C=O) groups is 1. The first kappa shape index (κ1) is 18.5. The largest absolute Gasteiger partial charge is 0.451 e. The Labute approximate surface area is 187 Å². The van der Waals surface area contributed by atoms with Crippen LogP contribution >= 0.6 is 15.9 Å². The van der Waals surface area contributed by atoms with Gasteiger partial charge in [0.05, 0.1) is 6.04 Å². The quantitative estimate of drug-likeness (QED) is 0.321. The molecule has 1 amide bonds. The van der Waals surface area contributed by atoms with Crippen molar-refractivity contribution >= 4 is 43.7 Å². The third-order valence-corrected chi connectivity index (χ3v) is 6.59. The molecule has 5 aromatic rings. The molecule has 1 aliphatic heterocycles. The molecule has 0 bridgehead atoms. The number of H-pyrrole nitrogens is 1. The zero-order valence-electron chi connectivity index (χ0n) is 16.6. The summed E-state index contributed by atoms with van der Waals surface area (Å²) in [5.74, 6) is 0.277. The lowest BCUT2D eigenvalue weighted by atomic mass is 9.92. The van der Waals surface area contributed by atoms with Gasteiger partial charge in [-0.05, 0) is 47.9 Å². The number of para-hydroxylation sites is 1. The molecule has 5 heteroatoms. The number of furan rings is 1. The molecule has 0 unspecified atom stereocenters. The molecule has 0 spiro atoms. The highest BCUT2D eigenvalue weighted by molar-refractivity contribution is 9.10. The van der Waals surface area contributed by atoms with Crippen LogP contribution in [-0.4, -0.2) is 22.3 Å². The molecule has 0 fully saturated rings. The maximum Gasteiger partial charge on any atom is 0.290 e. The highest BCUT2D eigenvalue weighted by Crippen LogP contribution is 2.39. The predicted octanol–water partition coefficient (Wildman–Crippen LogP) is 6.46. The van der Waals surface area contributed by atoms with Gasteiger partial charge in [-0.3, -0.25) is 4.79 Å². The first-order valence-corrected chi connectivity index (χ1v) is 11.1. The van der Waals surface area contributed by atoms with Crippen LogP contribution in [0.1, 0.15) is 33.4 Å². The standard InChI is InChI=1S/C26H19BrN2O2/c27-18-10-11-22-17(14-18)15-23(31-22)26(30)29-13-12-20-19-8-4-5-9-21(19)28-24(20)25(29)16-6-2-1-3-7-16/h1-11,14-15,25,28H,12-13H2/t25-/m1/s1. The minimum absolute atomic E-state index is 0.0921. The normalized spacial score (nSPS) is 16.0. The Morgan fingerprint density at radius 2 is 1.81 bits per heavy atom. The SMILES string of the molecule is O=C(c1cc2cc(Br)ccc2o1)N1CCc2c([nH]c3ccccc23)[C@H]1c1ccccc1. The van der Waals surface area contributed by atoms with E-state index < -0.39 is 0 Å². The van der Waals surface area contributed by atoms with Gasteiger partial charge in [0.15, 0.2) is 5.76 Å². The number of nitrogens with one attached hydrogen (secondary N) is 1. The zero-order chi connectivity index (χ0) is 20.9.